The number of benzene rings is 1. The van der Waals surface area contributed by atoms with Crippen molar-refractivity contribution in [1.82, 2.24) is 0 Å². The van der Waals surface area contributed by atoms with Crippen molar-refractivity contribution < 1.29 is 32.0 Å². The lowest BCUT2D eigenvalue weighted by Crippen LogP contribution is -2.49. The molecule has 1 aliphatic heterocycles. The Morgan fingerprint density at radius 3 is 2.41 bits per heavy atom. The highest BCUT2D eigenvalue weighted by molar-refractivity contribution is 7.85. The van der Waals surface area contributed by atoms with Crippen molar-refractivity contribution in [3.63, 3.8) is 0 Å². The van der Waals surface area contributed by atoms with Gasteiger partial charge in [-0.2, -0.15) is 8.42 Å². The summed E-state index contributed by atoms with van der Waals surface area (Å²) < 4.78 is 45.8. The van der Waals surface area contributed by atoms with Gasteiger partial charge in [-0.05, 0) is 32.4 Å². The van der Waals surface area contributed by atoms with Crippen molar-refractivity contribution in [2.45, 2.75) is 49.8 Å². The molecular formula is C18H27NO7S. The molecule has 1 aromatic carbocycles. The SMILES string of the molecule is CCOC(=O)[C@@H]1CC2(CC[C@@H]1N)OCCO2.Cc1ccc(S(=O)(=O)O)cc1. The second-order valence-corrected chi connectivity index (χ2v) is 8.08. The molecule has 2 aliphatic rings. The van der Waals surface area contributed by atoms with E-state index in [1.165, 1.54) is 12.1 Å². The molecule has 0 unspecified atom stereocenters. The van der Waals surface area contributed by atoms with Gasteiger partial charge in [0.25, 0.3) is 10.1 Å². The van der Waals surface area contributed by atoms with Gasteiger partial charge in [-0.1, -0.05) is 17.7 Å². The van der Waals surface area contributed by atoms with Crippen molar-refractivity contribution in [1.29, 1.82) is 0 Å². The van der Waals surface area contributed by atoms with E-state index in [-0.39, 0.29) is 22.8 Å². The molecule has 2 atom stereocenters. The molecule has 1 saturated heterocycles. The van der Waals surface area contributed by atoms with Crippen LogP contribution in [0.2, 0.25) is 0 Å². The minimum atomic E-state index is -4.02. The van der Waals surface area contributed by atoms with E-state index in [1.807, 2.05) is 6.92 Å². The highest BCUT2D eigenvalue weighted by Crippen LogP contribution is 2.38. The van der Waals surface area contributed by atoms with E-state index < -0.39 is 15.9 Å². The summed E-state index contributed by atoms with van der Waals surface area (Å²) in [6, 6.07) is 5.85. The number of carbonyl (C=O) groups is 1. The third-order valence-corrected chi connectivity index (χ3v) is 5.50. The molecule has 0 bridgehead atoms. The zero-order valence-corrected chi connectivity index (χ0v) is 16.4. The van der Waals surface area contributed by atoms with Crippen LogP contribution in [0.25, 0.3) is 0 Å². The van der Waals surface area contributed by atoms with Crippen LogP contribution in [-0.2, 0) is 29.1 Å². The Hall–Kier alpha value is -1.52. The molecule has 27 heavy (non-hydrogen) atoms. The summed E-state index contributed by atoms with van der Waals surface area (Å²) in [6.45, 7) is 5.23. The number of nitrogens with two attached hydrogens (primary N) is 1. The molecule has 1 aliphatic carbocycles. The topological polar surface area (TPSA) is 125 Å². The zero-order chi connectivity index (χ0) is 20.1. The summed E-state index contributed by atoms with van der Waals surface area (Å²) in [7, 11) is -4.02. The number of esters is 1. The minimum absolute atomic E-state index is 0.0666. The van der Waals surface area contributed by atoms with E-state index >= 15 is 0 Å². The van der Waals surface area contributed by atoms with E-state index in [9.17, 15) is 13.2 Å². The Balaban J connectivity index is 0.000000208. The average molecular weight is 401 g/mol. The highest BCUT2D eigenvalue weighted by Gasteiger charge is 2.47. The Morgan fingerprint density at radius 1 is 1.30 bits per heavy atom. The Labute approximate surface area is 159 Å². The predicted octanol–water partition coefficient (Wildman–Crippen LogP) is 1.66. The molecule has 3 rings (SSSR count). The summed E-state index contributed by atoms with van der Waals surface area (Å²) in [5.41, 5.74) is 6.91. The Bertz CT molecular complexity index is 727. The van der Waals surface area contributed by atoms with Gasteiger partial charge in [0.05, 0.1) is 30.6 Å². The first kappa shape index (κ1) is 21.8. The van der Waals surface area contributed by atoms with Crippen molar-refractivity contribution in [3.05, 3.63) is 29.8 Å². The second-order valence-electron chi connectivity index (χ2n) is 6.66. The van der Waals surface area contributed by atoms with Crippen LogP contribution in [0.15, 0.2) is 29.2 Å². The summed E-state index contributed by atoms with van der Waals surface area (Å²) in [6.07, 6.45) is 2.03. The van der Waals surface area contributed by atoms with Gasteiger partial charge in [0.1, 0.15) is 0 Å². The molecule has 9 heteroatoms. The van der Waals surface area contributed by atoms with Crippen LogP contribution in [0, 0.1) is 12.8 Å². The number of rotatable bonds is 3. The highest BCUT2D eigenvalue weighted by atomic mass is 32.2. The van der Waals surface area contributed by atoms with Crippen LogP contribution in [0.4, 0.5) is 0 Å². The number of ether oxygens (including phenoxy) is 3. The van der Waals surface area contributed by atoms with E-state index in [0.717, 1.165) is 18.4 Å². The minimum Gasteiger partial charge on any atom is -0.466 e. The molecule has 1 saturated carbocycles. The van der Waals surface area contributed by atoms with Gasteiger partial charge in [0, 0.05) is 18.9 Å². The number of carbonyl (C=O) groups excluding carboxylic acids is 1. The standard InChI is InChI=1S/C11H19NO4.C7H8O3S/c1-2-14-10(13)8-7-11(4-3-9(8)12)15-5-6-16-11;1-6-2-4-7(5-3-6)11(8,9)10/h8-9H,2-7,12H2,1H3;2-5H,1H3,(H,8,9,10)/t8-,9+;/m1./s1. The lowest BCUT2D eigenvalue weighted by Gasteiger charge is -2.38. The van der Waals surface area contributed by atoms with Crippen LogP contribution in [-0.4, -0.2) is 50.6 Å². The fraction of sp³-hybridized carbons (Fsp3) is 0.611. The third kappa shape index (κ3) is 5.98. The fourth-order valence-corrected chi connectivity index (χ4v) is 3.63. The Kier molecular flexibility index (Phi) is 7.35. The quantitative estimate of drug-likeness (QED) is 0.579. The van der Waals surface area contributed by atoms with Crippen LogP contribution < -0.4 is 5.73 Å². The molecule has 3 N–H and O–H groups in total. The smallest absolute Gasteiger partial charge is 0.310 e. The molecule has 8 nitrogen and oxygen atoms in total. The monoisotopic (exact) mass is 401 g/mol. The first-order chi connectivity index (χ1) is 12.7. The Morgan fingerprint density at radius 2 is 1.89 bits per heavy atom. The van der Waals surface area contributed by atoms with Gasteiger partial charge in [0.2, 0.25) is 0 Å². The predicted molar refractivity (Wildman–Crippen MR) is 97.6 cm³/mol. The van der Waals surface area contributed by atoms with Crippen LogP contribution >= 0.6 is 0 Å². The third-order valence-electron chi connectivity index (χ3n) is 4.63. The van der Waals surface area contributed by atoms with Crippen molar-refractivity contribution >= 4 is 16.1 Å². The van der Waals surface area contributed by atoms with Gasteiger partial charge >= 0.3 is 5.97 Å². The first-order valence-electron chi connectivity index (χ1n) is 8.91. The number of hydrogen-bond donors (Lipinski definition) is 2. The molecule has 0 radical (unpaired) electrons. The summed E-state index contributed by atoms with van der Waals surface area (Å²) in [5, 5.41) is 0. The van der Waals surface area contributed by atoms with Gasteiger partial charge in [-0.25, -0.2) is 0 Å². The molecule has 2 fully saturated rings. The second kappa shape index (κ2) is 9.11. The van der Waals surface area contributed by atoms with E-state index in [1.54, 1.807) is 19.1 Å². The summed E-state index contributed by atoms with van der Waals surface area (Å²) >= 11 is 0. The molecule has 1 heterocycles. The fourth-order valence-electron chi connectivity index (χ4n) is 3.15. The van der Waals surface area contributed by atoms with Crippen molar-refractivity contribution in [2.24, 2.45) is 11.7 Å². The maximum Gasteiger partial charge on any atom is 0.310 e. The summed E-state index contributed by atoms with van der Waals surface area (Å²) in [5.74, 6) is -1.10. The summed E-state index contributed by atoms with van der Waals surface area (Å²) in [4.78, 5) is 11.7. The van der Waals surface area contributed by atoms with E-state index in [4.69, 9.17) is 24.5 Å². The lowest BCUT2D eigenvalue weighted by atomic mass is 9.81. The van der Waals surface area contributed by atoms with Crippen LogP contribution in [0.5, 0.6) is 0 Å². The van der Waals surface area contributed by atoms with Crippen LogP contribution in [0.3, 0.4) is 0 Å². The maximum absolute atomic E-state index is 11.7. The van der Waals surface area contributed by atoms with Crippen LogP contribution in [0.1, 0.15) is 31.7 Å². The normalized spacial score (nSPS) is 24.1. The van der Waals surface area contributed by atoms with E-state index in [0.29, 0.717) is 26.2 Å². The molecule has 1 spiro atoms. The largest absolute Gasteiger partial charge is 0.466 e. The molecule has 0 amide bonds. The molecule has 152 valence electrons. The molecule has 0 aromatic heterocycles. The lowest BCUT2D eigenvalue weighted by molar-refractivity contribution is -0.197. The van der Waals surface area contributed by atoms with E-state index in [2.05, 4.69) is 0 Å². The van der Waals surface area contributed by atoms with Gasteiger partial charge in [-0.15, -0.1) is 0 Å². The molecule has 1 aromatic rings. The van der Waals surface area contributed by atoms with Gasteiger partial charge in [-0.3, -0.25) is 9.35 Å². The van der Waals surface area contributed by atoms with Crippen molar-refractivity contribution in [2.75, 3.05) is 19.8 Å². The first-order valence-corrected chi connectivity index (χ1v) is 10.4. The average Bonchev–Trinajstić information content (AvgIpc) is 3.06. The maximum atomic E-state index is 11.7. The van der Waals surface area contributed by atoms with Crippen molar-refractivity contribution in [3.8, 4) is 0 Å². The van der Waals surface area contributed by atoms with Gasteiger partial charge in [0.15, 0.2) is 5.79 Å². The zero-order valence-electron chi connectivity index (χ0n) is 15.6. The number of hydrogen-bond acceptors (Lipinski definition) is 7. The number of aryl methyl sites for hydroxylation is 1. The van der Waals surface area contributed by atoms with Gasteiger partial charge < -0.3 is 19.9 Å². The molecular weight excluding hydrogens is 374 g/mol.